The molecule has 88 valence electrons. The summed E-state index contributed by atoms with van der Waals surface area (Å²) < 4.78 is 5.23. The van der Waals surface area contributed by atoms with E-state index in [1.165, 1.54) is 18.4 Å². The second-order valence-electron chi connectivity index (χ2n) is 4.80. The molecule has 2 rings (SSSR count). The maximum atomic E-state index is 5.23. The van der Waals surface area contributed by atoms with E-state index in [4.69, 9.17) is 4.74 Å². The Morgan fingerprint density at radius 3 is 2.81 bits per heavy atom. The van der Waals surface area contributed by atoms with Crippen LogP contribution in [0.4, 0.5) is 0 Å². The van der Waals surface area contributed by atoms with Gasteiger partial charge in [-0.2, -0.15) is 0 Å². The van der Waals surface area contributed by atoms with E-state index in [0.29, 0.717) is 11.5 Å². The summed E-state index contributed by atoms with van der Waals surface area (Å²) in [4.78, 5) is 4.23. The number of hydrogen-bond donors (Lipinski definition) is 1. The fourth-order valence-electron chi connectivity index (χ4n) is 2.16. The summed E-state index contributed by atoms with van der Waals surface area (Å²) in [6.07, 6.45) is 6.28. The Bertz CT molecular complexity index is 361. The lowest BCUT2D eigenvalue weighted by Crippen LogP contribution is -2.27. The van der Waals surface area contributed by atoms with Crippen molar-refractivity contribution in [1.29, 1.82) is 0 Å². The molecular weight excluding hydrogens is 200 g/mol. The van der Waals surface area contributed by atoms with E-state index in [-0.39, 0.29) is 0 Å². The normalized spacial score (nSPS) is 19.2. The Morgan fingerprint density at radius 2 is 2.25 bits per heavy atom. The van der Waals surface area contributed by atoms with Crippen LogP contribution < -0.4 is 10.1 Å². The largest absolute Gasteiger partial charge is 0.495 e. The van der Waals surface area contributed by atoms with Gasteiger partial charge in [0, 0.05) is 12.2 Å². The number of hydrogen-bond acceptors (Lipinski definition) is 3. The molecule has 3 nitrogen and oxygen atoms in total. The van der Waals surface area contributed by atoms with Gasteiger partial charge in [0.1, 0.15) is 5.75 Å². The summed E-state index contributed by atoms with van der Waals surface area (Å²) in [7, 11) is 1.68. The molecule has 1 atom stereocenters. The molecule has 1 N–H and O–H groups in total. The van der Waals surface area contributed by atoms with E-state index in [1.54, 1.807) is 13.3 Å². The van der Waals surface area contributed by atoms with Gasteiger partial charge in [-0.3, -0.25) is 4.98 Å². The minimum Gasteiger partial charge on any atom is -0.495 e. The van der Waals surface area contributed by atoms with Gasteiger partial charge in [0.05, 0.1) is 13.3 Å². The second-order valence-corrected chi connectivity index (χ2v) is 4.80. The van der Waals surface area contributed by atoms with Gasteiger partial charge in [0.2, 0.25) is 0 Å². The molecule has 1 heterocycles. The molecule has 1 saturated carbocycles. The number of aromatic nitrogens is 1. The molecule has 0 spiro atoms. The van der Waals surface area contributed by atoms with Crippen LogP contribution in [0.15, 0.2) is 18.5 Å². The molecule has 1 aliphatic carbocycles. The van der Waals surface area contributed by atoms with E-state index in [1.807, 2.05) is 6.20 Å². The quantitative estimate of drug-likeness (QED) is 0.828. The molecule has 0 bridgehead atoms. The average Bonchev–Trinajstić information content (AvgIpc) is 3.05. The van der Waals surface area contributed by atoms with Gasteiger partial charge in [0.15, 0.2) is 0 Å². The average molecular weight is 220 g/mol. The summed E-state index contributed by atoms with van der Waals surface area (Å²) >= 11 is 0. The van der Waals surface area contributed by atoms with Crippen molar-refractivity contribution in [2.24, 2.45) is 5.41 Å². The van der Waals surface area contributed by atoms with Gasteiger partial charge >= 0.3 is 0 Å². The van der Waals surface area contributed by atoms with Crippen LogP contribution in [0.2, 0.25) is 0 Å². The third-order valence-electron chi connectivity index (χ3n) is 3.45. The topological polar surface area (TPSA) is 34.2 Å². The molecule has 1 aromatic heterocycles. The third-order valence-corrected chi connectivity index (χ3v) is 3.45. The summed E-state index contributed by atoms with van der Waals surface area (Å²) in [5.41, 5.74) is 1.64. The molecule has 0 aliphatic heterocycles. The van der Waals surface area contributed by atoms with E-state index in [2.05, 4.69) is 30.2 Å². The van der Waals surface area contributed by atoms with E-state index in [0.717, 1.165) is 12.3 Å². The van der Waals surface area contributed by atoms with Gasteiger partial charge in [0.25, 0.3) is 0 Å². The Morgan fingerprint density at radius 1 is 1.50 bits per heavy atom. The zero-order valence-corrected chi connectivity index (χ0v) is 10.3. The molecule has 1 fully saturated rings. The first-order chi connectivity index (χ1) is 7.69. The maximum absolute atomic E-state index is 5.23. The summed E-state index contributed by atoms with van der Waals surface area (Å²) in [5.74, 6) is 0.838. The van der Waals surface area contributed by atoms with Crippen molar-refractivity contribution in [2.45, 2.75) is 32.7 Å². The molecule has 1 aromatic rings. The number of pyridine rings is 1. The summed E-state index contributed by atoms with van der Waals surface area (Å²) in [6.45, 7) is 5.46. The van der Waals surface area contributed by atoms with E-state index in [9.17, 15) is 0 Å². The second kappa shape index (κ2) is 4.42. The van der Waals surface area contributed by atoms with Gasteiger partial charge in [-0.25, -0.2) is 0 Å². The van der Waals surface area contributed by atoms with Gasteiger partial charge < -0.3 is 10.1 Å². The minimum atomic E-state index is 0.403. The highest BCUT2D eigenvalue weighted by Gasteiger charge is 2.45. The molecule has 0 amide bonds. The standard InChI is InChI=1S/C13H20N2O/c1-4-15-12(13(2)5-6-13)10-7-11(16-3)9-14-8-10/h7-9,12,15H,4-6H2,1-3H3. The number of methoxy groups -OCH3 is 1. The zero-order valence-electron chi connectivity index (χ0n) is 10.3. The molecule has 0 radical (unpaired) electrons. The van der Waals surface area contributed by atoms with Crippen LogP contribution in [0.25, 0.3) is 0 Å². The molecule has 1 aliphatic rings. The highest BCUT2D eigenvalue weighted by atomic mass is 16.5. The first-order valence-electron chi connectivity index (χ1n) is 5.92. The van der Waals surface area contributed by atoms with Gasteiger partial charge in [-0.1, -0.05) is 13.8 Å². The zero-order chi connectivity index (χ0) is 11.6. The number of nitrogens with one attached hydrogen (secondary N) is 1. The van der Waals surface area contributed by atoms with E-state index < -0.39 is 0 Å². The third kappa shape index (κ3) is 2.19. The van der Waals surface area contributed by atoms with Gasteiger partial charge in [-0.15, -0.1) is 0 Å². The molecule has 1 unspecified atom stereocenters. The molecule has 0 saturated heterocycles. The Balaban J connectivity index is 2.24. The molecule has 0 aromatic carbocycles. The minimum absolute atomic E-state index is 0.403. The molecule has 3 heteroatoms. The van der Waals surface area contributed by atoms with Gasteiger partial charge in [-0.05, 0) is 36.4 Å². The van der Waals surface area contributed by atoms with Crippen molar-refractivity contribution in [2.75, 3.05) is 13.7 Å². The number of nitrogens with zero attached hydrogens (tertiary/aromatic N) is 1. The molecular formula is C13H20N2O. The van der Waals surface area contributed by atoms with Crippen LogP contribution in [0.5, 0.6) is 5.75 Å². The van der Waals surface area contributed by atoms with Crippen LogP contribution in [-0.4, -0.2) is 18.6 Å². The van der Waals surface area contributed by atoms with Crippen LogP contribution in [0, 0.1) is 5.41 Å². The lowest BCUT2D eigenvalue weighted by atomic mass is 9.93. The fourth-order valence-corrected chi connectivity index (χ4v) is 2.16. The van der Waals surface area contributed by atoms with Crippen LogP contribution in [0.3, 0.4) is 0 Å². The number of ether oxygens (including phenoxy) is 1. The number of rotatable bonds is 5. The first kappa shape index (κ1) is 11.4. The highest BCUT2D eigenvalue weighted by molar-refractivity contribution is 5.28. The SMILES string of the molecule is CCNC(c1cncc(OC)c1)C1(C)CC1. The highest BCUT2D eigenvalue weighted by Crippen LogP contribution is 2.54. The van der Waals surface area contributed by atoms with Crippen molar-refractivity contribution < 1.29 is 4.74 Å². The summed E-state index contributed by atoms with van der Waals surface area (Å²) in [6, 6.07) is 2.49. The lowest BCUT2D eigenvalue weighted by molar-refractivity contribution is 0.368. The Labute approximate surface area is 97.2 Å². The maximum Gasteiger partial charge on any atom is 0.137 e. The summed E-state index contributed by atoms with van der Waals surface area (Å²) in [5, 5.41) is 3.56. The van der Waals surface area contributed by atoms with E-state index >= 15 is 0 Å². The van der Waals surface area contributed by atoms with Crippen molar-refractivity contribution in [3.63, 3.8) is 0 Å². The van der Waals surface area contributed by atoms with Crippen LogP contribution in [-0.2, 0) is 0 Å². The van der Waals surface area contributed by atoms with Crippen LogP contribution >= 0.6 is 0 Å². The predicted molar refractivity (Wildman–Crippen MR) is 64.5 cm³/mol. The van der Waals surface area contributed by atoms with Crippen molar-refractivity contribution >= 4 is 0 Å². The monoisotopic (exact) mass is 220 g/mol. The smallest absolute Gasteiger partial charge is 0.137 e. The van der Waals surface area contributed by atoms with Crippen molar-refractivity contribution in [1.82, 2.24) is 10.3 Å². The molecule has 16 heavy (non-hydrogen) atoms. The fraction of sp³-hybridized carbons (Fsp3) is 0.615. The Hall–Kier alpha value is -1.09. The first-order valence-corrected chi connectivity index (χ1v) is 5.92. The van der Waals surface area contributed by atoms with Crippen LogP contribution in [0.1, 0.15) is 38.3 Å². The Kier molecular flexibility index (Phi) is 3.15. The lowest BCUT2D eigenvalue weighted by Gasteiger charge is -2.24. The predicted octanol–water partition coefficient (Wildman–Crippen LogP) is 2.54. The van der Waals surface area contributed by atoms with Crippen molar-refractivity contribution in [3.8, 4) is 5.75 Å². The van der Waals surface area contributed by atoms with Crippen molar-refractivity contribution in [3.05, 3.63) is 24.0 Å².